The van der Waals surface area contributed by atoms with Crippen LogP contribution in [0.2, 0.25) is 0 Å². The van der Waals surface area contributed by atoms with Crippen LogP contribution in [0.4, 0.5) is 34.9 Å². The first-order valence-electron chi connectivity index (χ1n) is 11.3. The maximum absolute atomic E-state index is 13.5. The molecular weight excluding hydrogens is 563 g/mol. The minimum atomic E-state index is -6.30. The van der Waals surface area contributed by atoms with E-state index in [4.69, 9.17) is 0 Å². The first-order valence-corrected chi connectivity index (χ1v) is 13.0. The zero-order valence-corrected chi connectivity index (χ0v) is 21.0. The van der Waals surface area contributed by atoms with Gasteiger partial charge in [-0.05, 0) is 35.6 Å². The molecule has 0 bridgehead atoms. The Morgan fingerprint density at radius 1 is 0.650 bits per heavy atom. The lowest BCUT2D eigenvalue weighted by molar-refractivity contribution is 0.102. The van der Waals surface area contributed by atoms with Crippen LogP contribution in [0.5, 0.6) is 0 Å². The van der Waals surface area contributed by atoms with Crippen molar-refractivity contribution in [1.29, 1.82) is 0 Å². The molecule has 0 amide bonds. The normalized spacial score (nSPS) is 12.3. The molecule has 206 valence electrons. The molecule has 40 heavy (non-hydrogen) atoms. The van der Waals surface area contributed by atoms with Crippen molar-refractivity contribution in [2.75, 3.05) is 5.75 Å². The standard InChI is InChI=1S/C22H17O2S.C6BF8/c23-22(20-12-6-2-7-13-20)18-25(24,21-14-8-3-9-15-21)17-16-19-10-4-1-5-11-19;8-2-1(7(13,14)15)3(9)5(11)6(12)4(2)10/h1-15H,18H2;/q+1;-1. The number of benzene rings is 4. The van der Waals surface area contributed by atoms with E-state index < -0.39 is 51.5 Å². The van der Waals surface area contributed by atoms with Gasteiger partial charge in [0.1, 0.15) is 11.6 Å². The van der Waals surface area contributed by atoms with Gasteiger partial charge >= 0.3 is 6.98 Å². The molecular formula is C28H17BF8O2S. The van der Waals surface area contributed by atoms with Gasteiger partial charge in [-0.25, -0.2) is 22.0 Å². The molecule has 4 aromatic carbocycles. The monoisotopic (exact) mass is 580 g/mol. The minimum absolute atomic E-state index is 0.124. The predicted octanol–water partition coefficient (Wildman–Crippen LogP) is 6.87. The molecule has 0 aliphatic heterocycles. The second-order valence-electron chi connectivity index (χ2n) is 8.07. The summed E-state index contributed by atoms with van der Waals surface area (Å²) in [5.41, 5.74) is -1.41. The van der Waals surface area contributed by atoms with Gasteiger partial charge in [0.05, 0.1) is 0 Å². The highest BCUT2D eigenvalue weighted by Gasteiger charge is 2.38. The van der Waals surface area contributed by atoms with E-state index in [-0.39, 0.29) is 11.5 Å². The Morgan fingerprint density at radius 2 is 1.07 bits per heavy atom. The smallest absolute Gasteiger partial charge is 0.445 e. The van der Waals surface area contributed by atoms with E-state index >= 15 is 0 Å². The van der Waals surface area contributed by atoms with Crippen molar-refractivity contribution in [3.05, 3.63) is 131 Å². The third kappa shape index (κ3) is 7.24. The van der Waals surface area contributed by atoms with E-state index in [0.29, 0.717) is 10.5 Å². The summed E-state index contributed by atoms with van der Waals surface area (Å²) in [4.78, 5) is 13.2. The third-order valence-electron chi connectivity index (χ3n) is 5.26. The maximum Gasteiger partial charge on any atom is 0.515 e. The first-order chi connectivity index (χ1) is 18.8. The van der Waals surface area contributed by atoms with Crippen LogP contribution in [0.3, 0.4) is 0 Å². The van der Waals surface area contributed by atoms with Crippen molar-refractivity contribution < 1.29 is 43.9 Å². The highest BCUT2D eigenvalue weighted by Crippen LogP contribution is 2.22. The highest BCUT2D eigenvalue weighted by atomic mass is 32.2. The average molecular weight is 580 g/mol. The fourth-order valence-electron chi connectivity index (χ4n) is 3.28. The van der Waals surface area contributed by atoms with Gasteiger partial charge in [0.15, 0.2) is 33.4 Å². The first kappa shape index (κ1) is 30.3. The Labute approximate surface area is 225 Å². The van der Waals surface area contributed by atoms with E-state index in [2.05, 4.69) is 11.2 Å². The number of carbonyl (C=O) groups is 1. The van der Waals surface area contributed by atoms with Crippen LogP contribution in [0, 0.1) is 40.3 Å². The van der Waals surface area contributed by atoms with E-state index in [1.54, 1.807) is 36.4 Å². The Morgan fingerprint density at radius 3 is 1.55 bits per heavy atom. The minimum Gasteiger partial charge on any atom is -0.445 e. The van der Waals surface area contributed by atoms with Gasteiger partial charge < -0.3 is 12.9 Å². The summed E-state index contributed by atoms with van der Waals surface area (Å²) in [6, 6.07) is 27.3. The van der Waals surface area contributed by atoms with E-state index in [0.717, 1.165) is 5.56 Å². The van der Waals surface area contributed by atoms with Gasteiger partial charge in [0.2, 0.25) is 15.7 Å². The van der Waals surface area contributed by atoms with E-state index in [1.165, 1.54) is 0 Å². The molecule has 12 heteroatoms. The van der Waals surface area contributed by atoms with Crippen molar-refractivity contribution in [2.45, 2.75) is 4.90 Å². The van der Waals surface area contributed by atoms with Crippen molar-refractivity contribution in [2.24, 2.45) is 0 Å². The number of rotatable bonds is 5. The van der Waals surface area contributed by atoms with Crippen LogP contribution in [-0.2, 0) is 14.1 Å². The van der Waals surface area contributed by atoms with Crippen molar-refractivity contribution in [3.8, 4) is 11.2 Å². The molecule has 0 fully saturated rings. The summed E-state index contributed by atoms with van der Waals surface area (Å²) in [6.07, 6.45) is 0. The average Bonchev–Trinajstić information content (AvgIpc) is 2.95. The summed E-state index contributed by atoms with van der Waals surface area (Å²) in [7, 11) is -2.82. The molecule has 0 radical (unpaired) electrons. The van der Waals surface area contributed by atoms with E-state index in [9.17, 15) is 43.9 Å². The number of hydrogen-bond acceptors (Lipinski definition) is 2. The summed E-state index contributed by atoms with van der Waals surface area (Å²) in [6.45, 7) is -6.30. The second kappa shape index (κ2) is 12.7. The van der Waals surface area contributed by atoms with Gasteiger partial charge in [-0.3, -0.25) is 4.79 Å². The number of carbonyl (C=O) groups excluding carboxylic acids is 1. The summed E-state index contributed by atoms with van der Waals surface area (Å²) in [5, 5.41) is 2.89. The van der Waals surface area contributed by atoms with Crippen molar-refractivity contribution in [1.82, 2.24) is 0 Å². The lowest BCUT2D eigenvalue weighted by Crippen LogP contribution is -2.41. The Bertz CT molecular complexity index is 1570. The Kier molecular flexibility index (Phi) is 9.66. The maximum atomic E-state index is 13.5. The molecule has 0 N–H and O–H groups in total. The third-order valence-corrected chi connectivity index (χ3v) is 7.39. The van der Waals surface area contributed by atoms with Crippen LogP contribution in [0.25, 0.3) is 0 Å². The number of hydrogen-bond donors (Lipinski definition) is 0. The molecule has 0 saturated heterocycles. The van der Waals surface area contributed by atoms with Crippen molar-refractivity contribution in [3.63, 3.8) is 0 Å². The summed E-state index contributed by atoms with van der Waals surface area (Å²) in [5.74, 6) is -10.9. The molecule has 0 spiro atoms. The summed E-state index contributed by atoms with van der Waals surface area (Å²) >= 11 is 0. The fourth-order valence-corrected chi connectivity index (χ4v) is 5.05. The van der Waals surface area contributed by atoms with Gasteiger partial charge in [-0.15, -0.1) is 0 Å². The number of halogens is 8. The molecule has 1 atom stereocenters. The Hall–Kier alpha value is -4.24. The van der Waals surface area contributed by atoms with Crippen molar-refractivity contribution >= 4 is 28.2 Å². The second-order valence-corrected chi connectivity index (χ2v) is 10.4. The van der Waals surface area contributed by atoms with Gasteiger partial charge in [0, 0.05) is 11.1 Å². The van der Waals surface area contributed by atoms with Crippen LogP contribution >= 0.6 is 0 Å². The Balaban J connectivity index is 0.000000252. The van der Waals surface area contributed by atoms with Crippen LogP contribution < -0.4 is 5.46 Å². The van der Waals surface area contributed by atoms with Gasteiger partial charge in [-0.2, -0.15) is 0 Å². The zero-order valence-electron chi connectivity index (χ0n) is 20.2. The van der Waals surface area contributed by atoms with E-state index in [1.807, 2.05) is 54.6 Å². The molecule has 0 aliphatic carbocycles. The van der Waals surface area contributed by atoms with Crippen LogP contribution in [-0.4, -0.2) is 18.5 Å². The van der Waals surface area contributed by atoms with Crippen LogP contribution in [0.15, 0.2) is 95.9 Å². The van der Waals surface area contributed by atoms with Crippen LogP contribution in [0.1, 0.15) is 15.9 Å². The number of Topliss-reactive ketones (excluding diaryl/α,β-unsaturated/α-hetero) is 1. The molecule has 4 aromatic rings. The highest BCUT2D eigenvalue weighted by molar-refractivity contribution is 8.07. The lowest BCUT2D eigenvalue weighted by Gasteiger charge is -2.17. The van der Waals surface area contributed by atoms with Gasteiger partial charge in [-0.1, -0.05) is 70.9 Å². The molecule has 2 nitrogen and oxygen atoms in total. The quantitative estimate of drug-likeness (QED) is 0.0491. The number of ketones is 1. The molecule has 0 aliphatic rings. The zero-order chi connectivity index (χ0) is 29.5. The summed E-state index contributed by atoms with van der Waals surface area (Å²) < 4.78 is 111. The molecule has 0 aromatic heterocycles. The molecule has 1 unspecified atom stereocenters. The topological polar surface area (TPSA) is 34.1 Å². The largest absolute Gasteiger partial charge is 0.515 e. The fraction of sp³-hybridized carbons (Fsp3) is 0.0357. The molecule has 4 rings (SSSR count). The SMILES string of the molecule is Fc1c(F)c(F)c([B-](F)(F)F)c(F)c1F.O=C(C[S+](=O)(C#Cc1ccccc1)c1ccccc1)c1ccccc1. The predicted molar refractivity (Wildman–Crippen MR) is 137 cm³/mol. The lowest BCUT2D eigenvalue weighted by atomic mass is 9.79. The molecule has 0 heterocycles. The molecule has 0 saturated carbocycles. The van der Waals surface area contributed by atoms with Gasteiger partial charge in [0.25, 0.3) is 0 Å².